The van der Waals surface area contributed by atoms with Gasteiger partial charge in [0.2, 0.25) is 0 Å². The van der Waals surface area contributed by atoms with Crippen LogP contribution in [-0.2, 0) is 13.6 Å². The average molecular weight is 455 g/mol. The SMILES string of the molecule is Cc1ccccc1-n1c(Cn2nc(C#CCO)c3c(N)ncnc32)nc2c(C)nn(C)c2c1=O. The van der Waals surface area contributed by atoms with E-state index in [0.29, 0.717) is 45.0 Å². The first-order chi connectivity index (χ1) is 16.4. The van der Waals surface area contributed by atoms with Crippen LogP contribution in [0.15, 0.2) is 35.4 Å². The lowest BCUT2D eigenvalue weighted by molar-refractivity contribution is 0.350. The van der Waals surface area contributed by atoms with Crippen LogP contribution in [0.3, 0.4) is 0 Å². The maximum Gasteiger partial charge on any atom is 0.284 e. The largest absolute Gasteiger partial charge is 0.384 e. The van der Waals surface area contributed by atoms with Gasteiger partial charge in [-0.1, -0.05) is 24.1 Å². The second-order valence-electron chi connectivity index (χ2n) is 7.78. The second kappa shape index (κ2) is 8.09. The highest BCUT2D eigenvalue weighted by Gasteiger charge is 2.21. The van der Waals surface area contributed by atoms with Crippen molar-refractivity contribution in [1.29, 1.82) is 0 Å². The Bertz CT molecular complexity index is 1700. The highest BCUT2D eigenvalue weighted by molar-refractivity contribution is 5.90. The van der Waals surface area contributed by atoms with Gasteiger partial charge in [0.05, 0.1) is 16.8 Å². The van der Waals surface area contributed by atoms with Gasteiger partial charge in [-0.15, -0.1) is 0 Å². The van der Waals surface area contributed by atoms with Gasteiger partial charge < -0.3 is 10.8 Å². The molecule has 0 saturated carbocycles. The number of hydrogen-bond donors (Lipinski definition) is 2. The molecular formula is C23H21N9O2. The summed E-state index contributed by atoms with van der Waals surface area (Å²) in [6, 6.07) is 7.59. The second-order valence-corrected chi connectivity index (χ2v) is 7.78. The zero-order chi connectivity index (χ0) is 24.0. The summed E-state index contributed by atoms with van der Waals surface area (Å²) in [6.07, 6.45) is 1.34. The van der Waals surface area contributed by atoms with E-state index < -0.39 is 0 Å². The van der Waals surface area contributed by atoms with Crippen molar-refractivity contribution in [3.05, 3.63) is 63.7 Å². The molecule has 0 aliphatic rings. The number of nitrogen functional groups attached to an aromatic ring is 1. The van der Waals surface area contributed by atoms with Crippen LogP contribution in [0.25, 0.3) is 27.8 Å². The van der Waals surface area contributed by atoms with Gasteiger partial charge in [0.15, 0.2) is 11.2 Å². The predicted molar refractivity (Wildman–Crippen MR) is 126 cm³/mol. The number of fused-ring (bicyclic) bond motifs is 2. The molecule has 5 aromatic rings. The Labute approximate surface area is 193 Å². The van der Waals surface area contributed by atoms with Gasteiger partial charge in [-0.05, 0) is 31.4 Å². The van der Waals surface area contributed by atoms with Crippen LogP contribution in [0.5, 0.6) is 0 Å². The number of aliphatic hydroxyl groups is 1. The molecule has 1 aromatic carbocycles. The zero-order valence-electron chi connectivity index (χ0n) is 18.8. The molecule has 0 spiro atoms. The minimum absolute atomic E-state index is 0.113. The van der Waals surface area contributed by atoms with Crippen LogP contribution in [-0.4, -0.2) is 50.8 Å². The Morgan fingerprint density at radius 1 is 1.15 bits per heavy atom. The smallest absolute Gasteiger partial charge is 0.284 e. The Morgan fingerprint density at radius 2 is 1.94 bits per heavy atom. The van der Waals surface area contributed by atoms with E-state index in [4.69, 9.17) is 15.8 Å². The van der Waals surface area contributed by atoms with Crippen molar-refractivity contribution >= 4 is 27.9 Å². The maximum absolute atomic E-state index is 13.7. The summed E-state index contributed by atoms with van der Waals surface area (Å²) >= 11 is 0. The molecule has 0 radical (unpaired) electrons. The van der Waals surface area contributed by atoms with Crippen molar-refractivity contribution in [2.45, 2.75) is 20.4 Å². The topological polar surface area (TPSA) is 143 Å². The summed E-state index contributed by atoms with van der Waals surface area (Å²) in [5.74, 6) is 6.06. The Balaban J connectivity index is 1.80. The molecule has 0 aliphatic carbocycles. The van der Waals surface area contributed by atoms with Crippen molar-refractivity contribution in [2.75, 3.05) is 12.3 Å². The highest BCUT2D eigenvalue weighted by atomic mass is 16.2. The van der Waals surface area contributed by atoms with Gasteiger partial charge in [0, 0.05) is 7.05 Å². The molecule has 11 nitrogen and oxygen atoms in total. The quantitative estimate of drug-likeness (QED) is 0.381. The molecule has 4 heterocycles. The third kappa shape index (κ3) is 3.28. The van der Waals surface area contributed by atoms with E-state index in [-0.39, 0.29) is 24.5 Å². The first-order valence-electron chi connectivity index (χ1n) is 10.5. The number of para-hydroxylation sites is 1. The lowest BCUT2D eigenvalue weighted by atomic mass is 10.2. The summed E-state index contributed by atoms with van der Waals surface area (Å²) in [5.41, 5.74) is 9.85. The van der Waals surface area contributed by atoms with Crippen LogP contribution in [0, 0.1) is 25.7 Å². The Hall–Kier alpha value is -4.56. The highest BCUT2D eigenvalue weighted by Crippen LogP contribution is 2.23. The third-order valence-electron chi connectivity index (χ3n) is 5.59. The normalized spacial score (nSPS) is 11.2. The lowest BCUT2D eigenvalue weighted by Gasteiger charge is -2.15. The number of benzene rings is 1. The molecule has 0 bridgehead atoms. The number of aliphatic hydroxyl groups excluding tert-OH is 1. The van der Waals surface area contributed by atoms with E-state index in [2.05, 4.69) is 32.0 Å². The number of aryl methyl sites for hydroxylation is 3. The molecule has 5 rings (SSSR count). The van der Waals surface area contributed by atoms with Crippen molar-refractivity contribution in [1.82, 2.24) is 39.1 Å². The number of aromatic nitrogens is 8. The predicted octanol–water partition coefficient (Wildman–Crippen LogP) is 0.850. The minimum Gasteiger partial charge on any atom is -0.384 e. The van der Waals surface area contributed by atoms with Crippen molar-refractivity contribution < 1.29 is 5.11 Å². The lowest BCUT2D eigenvalue weighted by Crippen LogP contribution is -2.27. The molecule has 0 fully saturated rings. The summed E-state index contributed by atoms with van der Waals surface area (Å²) in [5, 5.41) is 18.6. The van der Waals surface area contributed by atoms with E-state index >= 15 is 0 Å². The molecule has 0 aliphatic heterocycles. The number of nitrogens with zero attached hydrogens (tertiary/aromatic N) is 8. The van der Waals surface area contributed by atoms with Crippen LogP contribution in [0.1, 0.15) is 22.8 Å². The molecular weight excluding hydrogens is 434 g/mol. The van der Waals surface area contributed by atoms with Crippen LogP contribution < -0.4 is 11.3 Å². The van der Waals surface area contributed by atoms with Gasteiger partial charge >= 0.3 is 0 Å². The van der Waals surface area contributed by atoms with Gasteiger partial charge in [-0.3, -0.25) is 14.0 Å². The van der Waals surface area contributed by atoms with E-state index in [9.17, 15) is 4.79 Å². The van der Waals surface area contributed by atoms with Gasteiger partial charge in [0.1, 0.15) is 42.3 Å². The third-order valence-corrected chi connectivity index (χ3v) is 5.59. The number of nitrogens with two attached hydrogens (primary N) is 1. The minimum atomic E-state index is -0.326. The van der Waals surface area contributed by atoms with Crippen molar-refractivity contribution in [2.24, 2.45) is 7.05 Å². The zero-order valence-corrected chi connectivity index (χ0v) is 18.8. The summed E-state index contributed by atoms with van der Waals surface area (Å²) < 4.78 is 4.72. The fourth-order valence-electron chi connectivity index (χ4n) is 4.08. The molecule has 4 aromatic heterocycles. The van der Waals surface area contributed by atoms with E-state index in [1.807, 2.05) is 38.1 Å². The van der Waals surface area contributed by atoms with E-state index in [1.54, 1.807) is 21.0 Å². The number of hydrogen-bond acceptors (Lipinski definition) is 8. The number of anilines is 1. The van der Waals surface area contributed by atoms with Crippen molar-refractivity contribution in [3.8, 4) is 17.5 Å². The van der Waals surface area contributed by atoms with Gasteiger partial charge in [-0.25, -0.2) is 19.6 Å². The number of rotatable bonds is 3. The molecule has 0 amide bonds. The summed E-state index contributed by atoms with van der Waals surface area (Å²) in [7, 11) is 1.73. The van der Waals surface area contributed by atoms with E-state index in [0.717, 1.165) is 5.56 Å². The molecule has 3 N–H and O–H groups in total. The molecule has 11 heteroatoms. The molecule has 170 valence electrons. The van der Waals surface area contributed by atoms with Crippen LogP contribution in [0.4, 0.5) is 5.82 Å². The molecule has 0 saturated heterocycles. The molecule has 34 heavy (non-hydrogen) atoms. The maximum atomic E-state index is 13.7. The van der Waals surface area contributed by atoms with E-state index in [1.165, 1.54) is 6.33 Å². The van der Waals surface area contributed by atoms with Gasteiger partial charge in [0.25, 0.3) is 5.56 Å². The fourth-order valence-corrected chi connectivity index (χ4v) is 4.08. The molecule has 0 unspecified atom stereocenters. The monoisotopic (exact) mass is 455 g/mol. The van der Waals surface area contributed by atoms with Crippen molar-refractivity contribution in [3.63, 3.8) is 0 Å². The summed E-state index contributed by atoms with van der Waals surface area (Å²) in [6.45, 7) is 3.54. The van der Waals surface area contributed by atoms with Gasteiger partial charge in [-0.2, -0.15) is 10.2 Å². The Kier molecular flexibility index (Phi) is 5.07. The first-order valence-corrected chi connectivity index (χ1v) is 10.5. The van der Waals surface area contributed by atoms with Crippen LogP contribution >= 0.6 is 0 Å². The summed E-state index contributed by atoms with van der Waals surface area (Å²) in [4.78, 5) is 26.9. The average Bonchev–Trinajstić information content (AvgIpc) is 3.30. The fraction of sp³-hybridized carbons (Fsp3) is 0.217. The standard InChI is InChI=1S/C23H21N9O2/c1-13-7-4-5-9-16(13)32-17(27-19-14(2)28-30(3)20(19)23(32)34)11-31-22-18(21(24)25-12-26-22)15(29-31)8-6-10-33/h4-5,7,9,12,33H,10-11H2,1-3H3,(H2,24,25,26). The van der Waals surface area contributed by atoms with Crippen LogP contribution in [0.2, 0.25) is 0 Å². The Morgan fingerprint density at radius 3 is 2.71 bits per heavy atom. The first kappa shape index (κ1) is 21.3. The molecule has 0 atom stereocenters.